The van der Waals surface area contributed by atoms with Crippen molar-refractivity contribution in [1.29, 1.82) is 0 Å². The highest BCUT2D eigenvalue weighted by Gasteiger charge is 2.21. The summed E-state index contributed by atoms with van der Waals surface area (Å²) in [6, 6.07) is 12.9. The highest BCUT2D eigenvalue weighted by atomic mass is 35.5. The largest absolute Gasteiger partial charge is 0.289 e. The zero-order valence-electron chi connectivity index (χ0n) is 10.9. The van der Waals surface area contributed by atoms with Gasteiger partial charge in [-0.3, -0.25) is 4.79 Å². The Balaban J connectivity index is 1.93. The van der Waals surface area contributed by atoms with Crippen LogP contribution in [0.3, 0.4) is 0 Å². The van der Waals surface area contributed by atoms with Gasteiger partial charge in [0.2, 0.25) is 0 Å². The molecule has 0 N–H and O–H groups in total. The van der Waals surface area contributed by atoms with Gasteiger partial charge in [-0.05, 0) is 48.6 Å². The van der Waals surface area contributed by atoms with E-state index in [0.29, 0.717) is 27.1 Å². The van der Waals surface area contributed by atoms with Crippen LogP contribution in [0.1, 0.15) is 46.7 Å². The molecule has 1 fully saturated rings. The molecule has 3 heteroatoms. The summed E-state index contributed by atoms with van der Waals surface area (Å²) in [5.74, 6) is 0.566. The lowest BCUT2D eigenvalue weighted by Gasteiger charge is -2.26. The summed E-state index contributed by atoms with van der Waals surface area (Å²) >= 11 is 12.0. The van der Waals surface area contributed by atoms with E-state index >= 15 is 0 Å². The van der Waals surface area contributed by atoms with Crippen molar-refractivity contribution < 1.29 is 4.79 Å². The highest BCUT2D eigenvalue weighted by molar-refractivity contribution is 6.37. The monoisotopic (exact) mass is 304 g/mol. The second kappa shape index (κ2) is 5.59. The highest BCUT2D eigenvalue weighted by Crippen LogP contribution is 2.36. The SMILES string of the molecule is O=C(c1cccc(C2CCC2)c1)c1ccc(Cl)cc1Cl. The second-order valence-electron chi connectivity index (χ2n) is 5.21. The number of hydrogen-bond acceptors (Lipinski definition) is 1. The molecule has 0 atom stereocenters. The van der Waals surface area contributed by atoms with Crippen molar-refractivity contribution in [3.8, 4) is 0 Å². The first-order valence-electron chi connectivity index (χ1n) is 6.75. The number of hydrogen-bond donors (Lipinski definition) is 0. The molecule has 0 radical (unpaired) electrons. The van der Waals surface area contributed by atoms with Crippen LogP contribution in [0.15, 0.2) is 42.5 Å². The molecule has 2 aromatic rings. The van der Waals surface area contributed by atoms with E-state index in [1.165, 1.54) is 24.8 Å². The van der Waals surface area contributed by atoms with E-state index in [1.807, 2.05) is 18.2 Å². The molecule has 0 saturated heterocycles. The van der Waals surface area contributed by atoms with E-state index in [1.54, 1.807) is 18.2 Å². The van der Waals surface area contributed by atoms with Crippen molar-refractivity contribution in [3.05, 3.63) is 69.2 Å². The van der Waals surface area contributed by atoms with E-state index < -0.39 is 0 Å². The van der Waals surface area contributed by atoms with Crippen LogP contribution >= 0.6 is 23.2 Å². The maximum Gasteiger partial charge on any atom is 0.194 e. The van der Waals surface area contributed by atoms with E-state index in [9.17, 15) is 4.79 Å². The van der Waals surface area contributed by atoms with Crippen LogP contribution in [0.4, 0.5) is 0 Å². The molecule has 0 amide bonds. The summed E-state index contributed by atoms with van der Waals surface area (Å²) in [5.41, 5.74) is 2.45. The van der Waals surface area contributed by atoms with Crippen LogP contribution in [0.25, 0.3) is 0 Å². The zero-order valence-corrected chi connectivity index (χ0v) is 12.4. The maximum atomic E-state index is 12.5. The molecule has 102 valence electrons. The first kappa shape index (κ1) is 13.7. The Kier molecular flexibility index (Phi) is 3.82. The predicted molar refractivity (Wildman–Crippen MR) is 82.9 cm³/mol. The number of ketones is 1. The maximum absolute atomic E-state index is 12.5. The summed E-state index contributed by atoms with van der Waals surface area (Å²) in [7, 11) is 0. The van der Waals surface area contributed by atoms with Gasteiger partial charge in [0.15, 0.2) is 5.78 Å². The van der Waals surface area contributed by atoms with Crippen LogP contribution in [-0.2, 0) is 0 Å². The van der Waals surface area contributed by atoms with Gasteiger partial charge in [0, 0.05) is 16.1 Å². The third-order valence-electron chi connectivity index (χ3n) is 3.90. The van der Waals surface area contributed by atoms with E-state index in [-0.39, 0.29) is 5.78 Å². The van der Waals surface area contributed by atoms with Crippen molar-refractivity contribution in [2.45, 2.75) is 25.2 Å². The summed E-state index contributed by atoms with van der Waals surface area (Å²) in [6.45, 7) is 0. The molecule has 0 heterocycles. The van der Waals surface area contributed by atoms with Crippen LogP contribution in [0.5, 0.6) is 0 Å². The number of halogens is 2. The van der Waals surface area contributed by atoms with Crippen LogP contribution in [-0.4, -0.2) is 5.78 Å². The minimum absolute atomic E-state index is 0.0483. The molecule has 0 aliphatic heterocycles. The van der Waals surface area contributed by atoms with Gasteiger partial charge in [-0.25, -0.2) is 0 Å². The average Bonchev–Trinajstić information content (AvgIpc) is 2.36. The first-order chi connectivity index (χ1) is 9.65. The molecule has 0 aromatic heterocycles. The smallest absolute Gasteiger partial charge is 0.194 e. The Morgan fingerprint density at radius 1 is 1.05 bits per heavy atom. The Labute approximate surface area is 128 Å². The lowest BCUT2D eigenvalue weighted by molar-refractivity contribution is 0.103. The van der Waals surface area contributed by atoms with Gasteiger partial charge in [0.25, 0.3) is 0 Å². The van der Waals surface area contributed by atoms with Crippen LogP contribution in [0, 0.1) is 0 Å². The molecule has 1 saturated carbocycles. The molecular formula is C17H14Cl2O. The standard InChI is InChI=1S/C17H14Cl2O/c18-14-7-8-15(16(19)10-14)17(20)13-6-2-5-12(9-13)11-3-1-4-11/h2,5-11H,1,3-4H2. The van der Waals surface area contributed by atoms with E-state index in [0.717, 1.165) is 0 Å². The van der Waals surface area contributed by atoms with E-state index in [4.69, 9.17) is 23.2 Å². The molecule has 1 aliphatic rings. The summed E-state index contributed by atoms with van der Waals surface area (Å²) < 4.78 is 0. The van der Waals surface area contributed by atoms with Gasteiger partial charge in [-0.15, -0.1) is 0 Å². The van der Waals surface area contributed by atoms with Crippen molar-refractivity contribution in [3.63, 3.8) is 0 Å². The van der Waals surface area contributed by atoms with Gasteiger partial charge in [0.05, 0.1) is 5.02 Å². The fourth-order valence-electron chi connectivity index (χ4n) is 2.50. The molecule has 20 heavy (non-hydrogen) atoms. The fraction of sp³-hybridized carbons (Fsp3) is 0.235. The Bertz CT molecular complexity index is 660. The Morgan fingerprint density at radius 2 is 1.85 bits per heavy atom. The van der Waals surface area contributed by atoms with Gasteiger partial charge in [0.1, 0.15) is 0 Å². The quantitative estimate of drug-likeness (QED) is 0.685. The van der Waals surface area contributed by atoms with Gasteiger partial charge in [-0.2, -0.15) is 0 Å². The zero-order chi connectivity index (χ0) is 14.1. The Morgan fingerprint density at radius 3 is 2.50 bits per heavy atom. The lowest BCUT2D eigenvalue weighted by atomic mass is 9.79. The van der Waals surface area contributed by atoms with E-state index in [2.05, 4.69) is 6.07 Å². The number of carbonyl (C=O) groups is 1. The molecule has 1 aliphatic carbocycles. The molecule has 2 aromatic carbocycles. The average molecular weight is 305 g/mol. The summed E-state index contributed by atoms with van der Waals surface area (Å²) in [5, 5.41) is 0.936. The second-order valence-corrected chi connectivity index (χ2v) is 6.05. The minimum Gasteiger partial charge on any atom is -0.289 e. The third kappa shape index (κ3) is 2.61. The number of carbonyl (C=O) groups excluding carboxylic acids is 1. The number of rotatable bonds is 3. The van der Waals surface area contributed by atoms with Crippen molar-refractivity contribution >= 4 is 29.0 Å². The minimum atomic E-state index is -0.0483. The molecule has 1 nitrogen and oxygen atoms in total. The third-order valence-corrected chi connectivity index (χ3v) is 4.45. The normalized spacial score (nSPS) is 14.9. The van der Waals surface area contributed by atoms with Crippen molar-refractivity contribution in [1.82, 2.24) is 0 Å². The van der Waals surface area contributed by atoms with Crippen molar-refractivity contribution in [2.75, 3.05) is 0 Å². The molecule has 0 bridgehead atoms. The predicted octanol–water partition coefficient (Wildman–Crippen LogP) is 5.49. The molecular weight excluding hydrogens is 291 g/mol. The molecule has 0 spiro atoms. The van der Waals surface area contributed by atoms with Gasteiger partial charge in [-0.1, -0.05) is 47.8 Å². The summed E-state index contributed by atoms with van der Waals surface area (Å²) in [6.07, 6.45) is 3.73. The van der Waals surface area contributed by atoms with Crippen molar-refractivity contribution in [2.24, 2.45) is 0 Å². The molecule has 0 unspecified atom stereocenters. The Hall–Kier alpha value is -1.31. The number of benzene rings is 2. The van der Waals surface area contributed by atoms with Gasteiger partial charge >= 0.3 is 0 Å². The topological polar surface area (TPSA) is 17.1 Å². The lowest BCUT2D eigenvalue weighted by Crippen LogP contribution is -2.10. The molecule has 3 rings (SSSR count). The van der Waals surface area contributed by atoms with Crippen LogP contribution < -0.4 is 0 Å². The van der Waals surface area contributed by atoms with Crippen LogP contribution in [0.2, 0.25) is 10.0 Å². The van der Waals surface area contributed by atoms with Gasteiger partial charge < -0.3 is 0 Å². The first-order valence-corrected chi connectivity index (χ1v) is 7.50. The summed E-state index contributed by atoms with van der Waals surface area (Å²) in [4.78, 5) is 12.5. The fourth-order valence-corrected chi connectivity index (χ4v) is 3.00.